The highest BCUT2D eigenvalue weighted by atomic mass is 16.5. The average Bonchev–Trinajstić information content (AvgIpc) is 2.19. The molecule has 1 aliphatic heterocycles. The molecule has 1 aliphatic rings. The molecule has 1 unspecified atom stereocenters. The molecule has 1 saturated heterocycles. The molecule has 0 aromatic rings. The molecular weight excluding hydrogens is 166 g/mol. The van der Waals surface area contributed by atoms with Crippen LogP contribution in [-0.2, 0) is 9.53 Å². The fourth-order valence-corrected chi connectivity index (χ4v) is 1.62. The average molecular weight is 183 g/mol. The van der Waals surface area contributed by atoms with E-state index in [9.17, 15) is 4.79 Å². The lowest BCUT2D eigenvalue weighted by Crippen LogP contribution is -2.39. The van der Waals surface area contributed by atoms with Crippen molar-refractivity contribution in [1.29, 1.82) is 0 Å². The Kier molecular flexibility index (Phi) is 3.96. The van der Waals surface area contributed by atoms with Gasteiger partial charge in [-0.1, -0.05) is 6.58 Å². The Bertz CT molecular complexity index is 185. The molecule has 3 heteroatoms. The van der Waals surface area contributed by atoms with Crippen LogP contribution in [0.1, 0.15) is 19.8 Å². The highest BCUT2D eigenvalue weighted by molar-refractivity contribution is 5.87. The Labute approximate surface area is 79.2 Å². The van der Waals surface area contributed by atoms with Gasteiger partial charge in [0.1, 0.15) is 0 Å². The van der Waals surface area contributed by atoms with Crippen LogP contribution in [0.15, 0.2) is 12.7 Å². The van der Waals surface area contributed by atoms with Crippen LogP contribution in [0.5, 0.6) is 0 Å². The predicted octanol–water partition coefficient (Wildman–Crippen LogP) is 1.10. The molecular formula is C10H17NO2. The lowest BCUT2D eigenvalue weighted by molar-refractivity contribution is -0.117. The SMILES string of the molecule is C=CC(=O)NC(C)C1CCOCC1. The number of amides is 1. The fourth-order valence-electron chi connectivity index (χ4n) is 1.62. The standard InChI is InChI=1S/C10H17NO2/c1-3-10(12)11-8(2)9-4-6-13-7-5-9/h3,8-9H,1,4-7H2,2H3,(H,11,12). The number of nitrogens with one attached hydrogen (secondary N) is 1. The van der Waals surface area contributed by atoms with Crippen LogP contribution >= 0.6 is 0 Å². The highest BCUT2D eigenvalue weighted by Gasteiger charge is 2.20. The number of rotatable bonds is 3. The molecule has 0 aromatic heterocycles. The second-order valence-electron chi connectivity index (χ2n) is 3.45. The lowest BCUT2D eigenvalue weighted by atomic mass is 9.93. The zero-order valence-electron chi connectivity index (χ0n) is 8.08. The van der Waals surface area contributed by atoms with Gasteiger partial charge in [-0.05, 0) is 31.8 Å². The second-order valence-corrected chi connectivity index (χ2v) is 3.45. The summed E-state index contributed by atoms with van der Waals surface area (Å²) in [5.74, 6) is 0.469. The third-order valence-electron chi connectivity index (χ3n) is 2.53. The van der Waals surface area contributed by atoms with Crippen LogP contribution in [0.3, 0.4) is 0 Å². The number of hydrogen-bond donors (Lipinski definition) is 1. The van der Waals surface area contributed by atoms with E-state index in [-0.39, 0.29) is 11.9 Å². The lowest BCUT2D eigenvalue weighted by Gasteiger charge is -2.27. The molecule has 1 heterocycles. The van der Waals surface area contributed by atoms with Gasteiger partial charge in [0, 0.05) is 19.3 Å². The summed E-state index contributed by atoms with van der Waals surface area (Å²) >= 11 is 0. The predicted molar refractivity (Wildman–Crippen MR) is 51.3 cm³/mol. The second kappa shape index (κ2) is 5.02. The molecule has 0 radical (unpaired) electrons. The molecule has 1 N–H and O–H groups in total. The molecule has 1 amide bonds. The van der Waals surface area contributed by atoms with Gasteiger partial charge < -0.3 is 10.1 Å². The van der Waals surface area contributed by atoms with Crippen molar-refractivity contribution >= 4 is 5.91 Å². The Balaban J connectivity index is 2.32. The van der Waals surface area contributed by atoms with Crippen molar-refractivity contribution in [2.24, 2.45) is 5.92 Å². The summed E-state index contributed by atoms with van der Waals surface area (Å²) in [7, 11) is 0. The van der Waals surface area contributed by atoms with E-state index in [1.54, 1.807) is 0 Å². The molecule has 0 spiro atoms. The maximum Gasteiger partial charge on any atom is 0.243 e. The third-order valence-corrected chi connectivity index (χ3v) is 2.53. The van der Waals surface area contributed by atoms with Gasteiger partial charge in [-0.3, -0.25) is 4.79 Å². The van der Waals surface area contributed by atoms with Gasteiger partial charge in [0.25, 0.3) is 0 Å². The monoisotopic (exact) mass is 183 g/mol. The molecule has 13 heavy (non-hydrogen) atoms. The summed E-state index contributed by atoms with van der Waals surface area (Å²) < 4.78 is 5.25. The van der Waals surface area contributed by atoms with Gasteiger partial charge in [-0.2, -0.15) is 0 Å². The van der Waals surface area contributed by atoms with Crippen molar-refractivity contribution in [3.63, 3.8) is 0 Å². The Morgan fingerprint density at radius 1 is 1.62 bits per heavy atom. The first-order valence-corrected chi connectivity index (χ1v) is 4.74. The van der Waals surface area contributed by atoms with E-state index in [2.05, 4.69) is 11.9 Å². The van der Waals surface area contributed by atoms with Gasteiger partial charge in [-0.25, -0.2) is 0 Å². The molecule has 1 atom stereocenters. The summed E-state index contributed by atoms with van der Waals surface area (Å²) in [6, 6.07) is 0.231. The van der Waals surface area contributed by atoms with E-state index in [0.29, 0.717) is 5.92 Å². The highest BCUT2D eigenvalue weighted by Crippen LogP contribution is 2.18. The first kappa shape index (κ1) is 10.3. The van der Waals surface area contributed by atoms with Gasteiger partial charge >= 0.3 is 0 Å². The minimum absolute atomic E-state index is 0.0843. The van der Waals surface area contributed by atoms with Crippen LogP contribution in [-0.4, -0.2) is 25.2 Å². The molecule has 3 nitrogen and oxygen atoms in total. The number of carbonyl (C=O) groups excluding carboxylic acids is 1. The quantitative estimate of drug-likeness (QED) is 0.665. The molecule has 1 fully saturated rings. The van der Waals surface area contributed by atoms with Crippen LogP contribution in [0.4, 0.5) is 0 Å². The summed E-state index contributed by atoms with van der Waals surface area (Å²) in [5.41, 5.74) is 0. The Morgan fingerprint density at radius 3 is 2.77 bits per heavy atom. The van der Waals surface area contributed by atoms with E-state index in [1.165, 1.54) is 6.08 Å². The maximum absolute atomic E-state index is 11.0. The molecule has 74 valence electrons. The van der Waals surface area contributed by atoms with E-state index in [4.69, 9.17) is 4.74 Å². The van der Waals surface area contributed by atoms with Gasteiger partial charge in [0.15, 0.2) is 0 Å². The van der Waals surface area contributed by atoms with Crippen molar-refractivity contribution in [2.75, 3.05) is 13.2 Å². The first-order chi connectivity index (χ1) is 6.24. The topological polar surface area (TPSA) is 38.3 Å². The van der Waals surface area contributed by atoms with Crippen LogP contribution < -0.4 is 5.32 Å². The van der Waals surface area contributed by atoms with Crippen LogP contribution in [0, 0.1) is 5.92 Å². The summed E-state index contributed by atoms with van der Waals surface area (Å²) in [6.45, 7) is 7.10. The van der Waals surface area contributed by atoms with Gasteiger partial charge in [0.2, 0.25) is 5.91 Å². The van der Waals surface area contributed by atoms with Crippen LogP contribution in [0.2, 0.25) is 0 Å². The van der Waals surface area contributed by atoms with Gasteiger partial charge in [-0.15, -0.1) is 0 Å². The summed E-state index contributed by atoms with van der Waals surface area (Å²) in [6.07, 6.45) is 3.40. The Morgan fingerprint density at radius 2 is 2.23 bits per heavy atom. The van der Waals surface area contributed by atoms with E-state index >= 15 is 0 Å². The molecule has 0 bridgehead atoms. The van der Waals surface area contributed by atoms with E-state index in [1.807, 2.05) is 6.92 Å². The minimum atomic E-state index is -0.0843. The first-order valence-electron chi connectivity index (χ1n) is 4.74. The zero-order valence-corrected chi connectivity index (χ0v) is 8.08. The number of carbonyl (C=O) groups is 1. The van der Waals surface area contributed by atoms with Crippen molar-refractivity contribution in [3.8, 4) is 0 Å². The maximum atomic E-state index is 11.0. The smallest absolute Gasteiger partial charge is 0.243 e. The molecule has 0 saturated carbocycles. The van der Waals surface area contributed by atoms with Crippen LogP contribution in [0.25, 0.3) is 0 Å². The largest absolute Gasteiger partial charge is 0.381 e. The van der Waals surface area contributed by atoms with Gasteiger partial charge in [0.05, 0.1) is 0 Å². The van der Waals surface area contributed by atoms with Crippen molar-refractivity contribution in [2.45, 2.75) is 25.8 Å². The van der Waals surface area contributed by atoms with Crippen molar-refractivity contribution in [3.05, 3.63) is 12.7 Å². The molecule has 0 aromatic carbocycles. The van der Waals surface area contributed by atoms with E-state index in [0.717, 1.165) is 26.1 Å². The zero-order chi connectivity index (χ0) is 9.68. The number of hydrogen-bond acceptors (Lipinski definition) is 2. The summed E-state index contributed by atoms with van der Waals surface area (Å²) in [4.78, 5) is 11.0. The molecule has 1 rings (SSSR count). The van der Waals surface area contributed by atoms with E-state index < -0.39 is 0 Å². The summed E-state index contributed by atoms with van der Waals surface area (Å²) in [5, 5.41) is 2.89. The van der Waals surface area contributed by atoms with Crippen molar-refractivity contribution in [1.82, 2.24) is 5.32 Å². The van der Waals surface area contributed by atoms with Crippen molar-refractivity contribution < 1.29 is 9.53 Å². The minimum Gasteiger partial charge on any atom is -0.381 e. The third kappa shape index (κ3) is 3.19. The molecule has 0 aliphatic carbocycles. The fraction of sp³-hybridized carbons (Fsp3) is 0.700. The number of ether oxygens (including phenoxy) is 1. The Hall–Kier alpha value is -0.830. The normalized spacial score (nSPS) is 20.7.